The number of aromatic amines is 1. The molecule has 10 heteroatoms. The van der Waals surface area contributed by atoms with E-state index in [9.17, 15) is 9.59 Å². The molecule has 146 valence electrons. The lowest BCUT2D eigenvalue weighted by Gasteiger charge is -2.08. The van der Waals surface area contributed by atoms with Crippen LogP contribution < -0.4 is 10.9 Å². The molecule has 3 aromatic rings. The number of H-pyrrole nitrogens is 1. The van der Waals surface area contributed by atoms with Gasteiger partial charge >= 0.3 is 0 Å². The van der Waals surface area contributed by atoms with E-state index in [1.165, 1.54) is 24.6 Å². The van der Waals surface area contributed by atoms with Crippen molar-refractivity contribution < 1.29 is 9.21 Å². The molecular formula is C18H20N6O3S. The van der Waals surface area contributed by atoms with E-state index in [0.717, 1.165) is 23.8 Å². The lowest BCUT2D eigenvalue weighted by atomic mass is 10.2. The number of furan rings is 1. The number of anilines is 1. The smallest absolute Gasteiger partial charge is 0.277 e. The third kappa shape index (κ3) is 3.01. The van der Waals surface area contributed by atoms with Gasteiger partial charge in [0, 0.05) is 12.0 Å². The Balaban J connectivity index is 1.33. The molecule has 0 aromatic carbocycles. The number of aryl methyl sites for hydroxylation is 2. The molecule has 28 heavy (non-hydrogen) atoms. The quantitative estimate of drug-likeness (QED) is 0.611. The normalized spacial score (nSPS) is 16.6. The van der Waals surface area contributed by atoms with Crippen molar-refractivity contribution in [3.05, 3.63) is 27.6 Å². The third-order valence-corrected chi connectivity index (χ3v) is 6.07. The van der Waals surface area contributed by atoms with Gasteiger partial charge in [-0.25, -0.2) is 5.10 Å². The van der Waals surface area contributed by atoms with Crippen molar-refractivity contribution in [3.63, 3.8) is 0 Å². The average molecular weight is 400 g/mol. The van der Waals surface area contributed by atoms with E-state index < -0.39 is 0 Å². The zero-order chi connectivity index (χ0) is 19.4. The maximum Gasteiger partial charge on any atom is 0.277 e. The molecule has 2 aliphatic rings. The van der Waals surface area contributed by atoms with Gasteiger partial charge in [0.05, 0.1) is 16.8 Å². The lowest BCUT2D eigenvalue weighted by molar-refractivity contribution is -0.113. The van der Waals surface area contributed by atoms with Crippen LogP contribution in [0.15, 0.2) is 14.4 Å². The summed E-state index contributed by atoms with van der Waals surface area (Å²) in [5.74, 6) is 2.21. The van der Waals surface area contributed by atoms with Crippen LogP contribution in [0.3, 0.4) is 0 Å². The molecule has 2 fully saturated rings. The topological polar surface area (TPSA) is 119 Å². The number of hydrogen-bond acceptors (Lipinski definition) is 7. The zero-order valence-corrected chi connectivity index (χ0v) is 16.4. The number of carbonyl (C=O) groups excluding carboxylic acids is 1. The summed E-state index contributed by atoms with van der Waals surface area (Å²) in [5, 5.41) is 19.5. The predicted octanol–water partition coefficient (Wildman–Crippen LogP) is 2.67. The van der Waals surface area contributed by atoms with Gasteiger partial charge in [0.2, 0.25) is 11.8 Å². The monoisotopic (exact) mass is 400 g/mol. The van der Waals surface area contributed by atoms with Crippen LogP contribution in [0.2, 0.25) is 0 Å². The van der Waals surface area contributed by atoms with E-state index in [1.807, 2.05) is 0 Å². The van der Waals surface area contributed by atoms with Crippen molar-refractivity contribution >= 4 is 34.3 Å². The minimum Gasteiger partial charge on any atom is -0.444 e. The van der Waals surface area contributed by atoms with Crippen LogP contribution in [0.1, 0.15) is 54.9 Å². The summed E-state index contributed by atoms with van der Waals surface area (Å²) < 4.78 is 7.84. The molecule has 0 atom stereocenters. The fourth-order valence-corrected chi connectivity index (χ4v) is 4.32. The summed E-state index contributed by atoms with van der Waals surface area (Å²) in [6.45, 7) is 3.53. The minimum absolute atomic E-state index is 0.159. The second-order valence-electron chi connectivity index (χ2n) is 7.43. The first-order valence-corrected chi connectivity index (χ1v) is 10.4. The Morgan fingerprint density at radius 1 is 1.25 bits per heavy atom. The van der Waals surface area contributed by atoms with E-state index in [4.69, 9.17) is 4.42 Å². The van der Waals surface area contributed by atoms with Crippen molar-refractivity contribution in [1.82, 2.24) is 25.0 Å². The van der Waals surface area contributed by atoms with Crippen LogP contribution in [0, 0.1) is 13.8 Å². The summed E-state index contributed by atoms with van der Waals surface area (Å²) in [7, 11) is 0. The minimum atomic E-state index is -0.386. The molecule has 9 nitrogen and oxygen atoms in total. The number of rotatable bonds is 6. The van der Waals surface area contributed by atoms with Gasteiger partial charge < -0.3 is 8.98 Å². The van der Waals surface area contributed by atoms with E-state index in [-0.39, 0.29) is 23.1 Å². The van der Waals surface area contributed by atoms with E-state index in [2.05, 4.69) is 30.3 Å². The van der Waals surface area contributed by atoms with Gasteiger partial charge in [-0.15, -0.1) is 10.2 Å². The molecule has 0 spiro atoms. The number of thioether (sulfide) groups is 1. The largest absolute Gasteiger partial charge is 0.444 e. The summed E-state index contributed by atoms with van der Waals surface area (Å²) in [6, 6.07) is 0.474. The van der Waals surface area contributed by atoms with Crippen LogP contribution >= 0.6 is 11.8 Å². The molecule has 2 aliphatic carbocycles. The molecule has 5 rings (SSSR count). The Kier molecular flexibility index (Phi) is 4.04. The first-order chi connectivity index (χ1) is 13.5. The van der Waals surface area contributed by atoms with Gasteiger partial charge in [0.25, 0.3) is 5.56 Å². The van der Waals surface area contributed by atoms with Crippen molar-refractivity contribution in [3.8, 4) is 0 Å². The van der Waals surface area contributed by atoms with Gasteiger partial charge in [-0.3, -0.25) is 14.9 Å². The van der Waals surface area contributed by atoms with E-state index >= 15 is 0 Å². The van der Waals surface area contributed by atoms with Crippen molar-refractivity contribution in [2.45, 2.75) is 56.6 Å². The molecule has 1 amide bonds. The van der Waals surface area contributed by atoms with Crippen LogP contribution in [-0.2, 0) is 4.79 Å². The maximum absolute atomic E-state index is 12.5. The molecule has 0 aliphatic heterocycles. The highest BCUT2D eigenvalue weighted by Gasteiger charge is 2.36. The molecule has 0 saturated heterocycles. The highest BCUT2D eigenvalue weighted by molar-refractivity contribution is 7.99. The molecule has 2 N–H and O–H groups in total. The molecule has 3 aromatic heterocycles. The number of hydrogen-bond donors (Lipinski definition) is 2. The Labute approximate surface area is 164 Å². The van der Waals surface area contributed by atoms with Gasteiger partial charge in [-0.05, 0) is 39.5 Å². The highest BCUT2D eigenvalue weighted by atomic mass is 32.2. The Bertz CT molecular complexity index is 1140. The first-order valence-electron chi connectivity index (χ1n) is 9.38. The Morgan fingerprint density at radius 3 is 2.75 bits per heavy atom. The van der Waals surface area contributed by atoms with E-state index in [0.29, 0.717) is 34.2 Å². The highest BCUT2D eigenvalue weighted by Crippen LogP contribution is 2.46. The summed E-state index contributed by atoms with van der Waals surface area (Å²) in [4.78, 5) is 24.7. The van der Waals surface area contributed by atoms with Crippen LogP contribution in [0.4, 0.5) is 5.88 Å². The van der Waals surface area contributed by atoms with Crippen molar-refractivity contribution in [2.75, 3.05) is 11.1 Å². The number of fused-ring (bicyclic) bond motifs is 1. The van der Waals surface area contributed by atoms with Crippen LogP contribution in [0.5, 0.6) is 0 Å². The van der Waals surface area contributed by atoms with Gasteiger partial charge in [0.1, 0.15) is 17.0 Å². The van der Waals surface area contributed by atoms with Crippen LogP contribution in [0.25, 0.3) is 10.8 Å². The Morgan fingerprint density at radius 2 is 2.04 bits per heavy atom. The second-order valence-corrected chi connectivity index (χ2v) is 8.37. The fraction of sp³-hybridized carbons (Fsp3) is 0.500. The standard InChI is InChI=1S/C18H20N6O3S/c1-8-13-9(2)27-17(14(13)16(26)22-20-8)19-12(25)7-28-18-23-21-15(10-3-4-10)24(18)11-5-6-11/h10-11H,3-7H2,1-2H3,(H,19,25)(H,22,26). The number of aromatic nitrogens is 5. The second kappa shape index (κ2) is 6.47. The zero-order valence-electron chi connectivity index (χ0n) is 15.6. The summed E-state index contributed by atoms with van der Waals surface area (Å²) >= 11 is 1.37. The number of nitrogens with zero attached hydrogens (tertiary/aromatic N) is 4. The molecule has 0 radical (unpaired) electrons. The SMILES string of the molecule is Cc1n[nH]c(=O)c2c(NC(=O)CSc3nnc(C4CC4)n3C3CC3)oc(C)c12. The lowest BCUT2D eigenvalue weighted by Crippen LogP contribution is -2.17. The molecule has 3 heterocycles. The van der Waals surface area contributed by atoms with Gasteiger partial charge in [-0.1, -0.05) is 11.8 Å². The summed E-state index contributed by atoms with van der Waals surface area (Å²) in [5.41, 5.74) is 0.263. The maximum atomic E-state index is 12.5. The molecular weight excluding hydrogens is 380 g/mol. The molecule has 0 bridgehead atoms. The summed E-state index contributed by atoms with van der Waals surface area (Å²) in [6.07, 6.45) is 4.63. The van der Waals surface area contributed by atoms with Gasteiger partial charge in [0.15, 0.2) is 5.16 Å². The predicted molar refractivity (Wildman–Crippen MR) is 104 cm³/mol. The number of nitrogens with one attached hydrogen (secondary N) is 2. The fourth-order valence-electron chi connectivity index (χ4n) is 3.51. The van der Waals surface area contributed by atoms with Crippen LogP contribution in [-0.4, -0.2) is 36.6 Å². The number of amides is 1. The Hall–Kier alpha value is -2.62. The van der Waals surface area contributed by atoms with Gasteiger partial charge in [-0.2, -0.15) is 5.10 Å². The molecule has 2 saturated carbocycles. The van der Waals surface area contributed by atoms with Crippen molar-refractivity contribution in [1.29, 1.82) is 0 Å². The number of carbonyl (C=O) groups is 1. The first kappa shape index (κ1) is 17.5. The molecule has 0 unspecified atom stereocenters. The van der Waals surface area contributed by atoms with Crippen molar-refractivity contribution in [2.24, 2.45) is 0 Å². The van der Waals surface area contributed by atoms with E-state index in [1.54, 1.807) is 13.8 Å². The third-order valence-electron chi connectivity index (χ3n) is 5.13. The average Bonchev–Trinajstić information content (AvgIpc) is 3.59.